The Labute approximate surface area is 132 Å². The monoisotopic (exact) mass is 325 g/mol. The van der Waals surface area contributed by atoms with E-state index in [2.05, 4.69) is 5.32 Å². The van der Waals surface area contributed by atoms with Gasteiger partial charge in [0, 0.05) is 37.7 Å². The van der Waals surface area contributed by atoms with Gasteiger partial charge in [-0.1, -0.05) is 11.6 Å². The molecule has 8 heteroatoms. The molecule has 2 rings (SSSR count). The second-order valence-electron chi connectivity index (χ2n) is 5.19. The highest BCUT2D eigenvalue weighted by atomic mass is 35.5. The van der Waals surface area contributed by atoms with E-state index in [9.17, 15) is 19.7 Å². The number of nitro benzene ring substituents is 1. The molecule has 0 unspecified atom stereocenters. The van der Waals surface area contributed by atoms with E-state index in [-0.39, 0.29) is 28.4 Å². The summed E-state index contributed by atoms with van der Waals surface area (Å²) in [6, 6.07) is 4.07. The van der Waals surface area contributed by atoms with Gasteiger partial charge in [-0.25, -0.2) is 0 Å². The second kappa shape index (κ2) is 6.74. The Morgan fingerprint density at radius 3 is 2.50 bits per heavy atom. The lowest BCUT2D eigenvalue weighted by molar-refractivity contribution is -0.384. The van der Waals surface area contributed by atoms with Crippen molar-refractivity contribution in [3.05, 3.63) is 33.3 Å². The minimum absolute atomic E-state index is 0.0148. The van der Waals surface area contributed by atoms with Crippen molar-refractivity contribution in [3.63, 3.8) is 0 Å². The zero-order valence-corrected chi connectivity index (χ0v) is 12.8. The topological polar surface area (TPSA) is 92.6 Å². The quantitative estimate of drug-likeness (QED) is 0.682. The summed E-state index contributed by atoms with van der Waals surface area (Å²) in [4.78, 5) is 35.3. The molecule has 0 aliphatic carbocycles. The fourth-order valence-electron chi connectivity index (χ4n) is 2.43. The first-order valence-electron chi connectivity index (χ1n) is 6.89. The smallest absolute Gasteiger partial charge is 0.288 e. The Morgan fingerprint density at radius 2 is 2.00 bits per heavy atom. The lowest BCUT2D eigenvalue weighted by Crippen LogP contribution is -2.40. The molecule has 1 fully saturated rings. The van der Waals surface area contributed by atoms with Crippen LogP contribution in [0.4, 0.5) is 11.4 Å². The van der Waals surface area contributed by atoms with Gasteiger partial charge in [0.1, 0.15) is 5.02 Å². The summed E-state index contributed by atoms with van der Waals surface area (Å²) in [7, 11) is 0. The summed E-state index contributed by atoms with van der Waals surface area (Å²) >= 11 is 5.81. The summed E-state index contributed by atoms with van der Waals surface area (Å²) in [6.07, 6.45) is 1.21. The largest absolute Gasteiger partial charge is 0.343 e. The molecular weight excluding hydrogens is 310 g/mol. The third-order valence-electron chi connectivity index (χ3n) is 3.72. The lowest BCUT2D eigenvalue weighted by Gasteiger charge is -2.30. The van der Waals surface area contributed by atoms with Crippen molar-refractivity contribution in [2.45, 2.75) is 19.8 Å². The number of benzene rings is 1. The van der Waals surface area contributed by atoms with Crippen molar-refractivity contribution >= 4 is 34.8 Å². The van der Waals surface area contributed by atoms with Crippen LogP contribution in [0.1, 0.15) is 19.8 Å². The average molecular weight is 326 g/mol. The highest BCUT2D eigenvalue weighted by molar-refractivity contribution is 6.33. The summed E-state index contributed by atoms with van der Waals surface area (Å²) < 4.78 is 0. The number of rotatable bonds is 3. The van der Waals surface area contributed by atoms with Gasteiger partial charge in [-0.05, 0) is 25.0 Å². The Kier molecular flexibility index (Phi) is 4.97. The van der Waals surface area contributed by atoms with Crippen molar-refractivity contribution in [3.8, 4) is 0 Å². The molecule has 1 N–H and O–H groups in total. The molecule has 0 aromatic heterocycles. The molecule has 1 heterocycles. The summed E-state index contributed by atoms with van der Waals surface area (Å²) in [5.41, 5.74) is 0.226. The Balaban J connectivity index is 1.97. The number of likely N-dealkylation sites (tertiary alicyclic amines) is 1. The average Bonchev–Trinajstić information content (AvgIpc) is 2.47. The van der Waals surface area contributed by atoms with Crippen LogP contribution in [0.5, 0.6) is 0 Å². The van der Waals surface area contributed by atoms with Crippen LogP contribution < -0.4 is 5.32 Å². The molecule has 7 nitrogen and oxygen atoms in total. The highest BCUT2D eigenvalue weighted by Crippen LogP contribution is 2.28. The van der Waals surface area contributed by atoms with E-state index < -0.39 is 4.92 Å². The number of amides is 2. The maximum atomic E-state index is 12.2. The predicted octanol–water partition coefficient (Wildman–Crippen LogP) is 2.45. The van der Waals surface area contributed by atoms with Crippen LogP contribution >= 0.6 is 11.6 Å². The minimum atomic E-state index is -0.578. The number of carbonyl (C=O) groups is 2. The van der Waals surface area contributed by atoms with Crippen molar-refractivity contribution in [2.24, 2.45) is 5.92 Å². The molecular formula is C14H16ClN3O4. The van der Waals surface area contributed by atoms with Gasteiger partial charge in [-0.2, -0.15) is 0 Å². The van der Waals surface area contributed by atoms with E-state index in [1.807, 2.05) is 0 Å². The number of nitrogens with zero attached hydrogens (tertiary/aromatic N) is 2. The number of anilines is 1. The van der Waals surface area contributed by atoms with E-state index in [4.69, 9.17) is 11.6 Å². The SMILES string of the molecule is CC(=O)N1CCC(C(=O)Nc2ccc([N+](=O)[O-])c(Cl)c2)CC1. The molecule has 0 radical (unpaired) electrons. The molecule has 1 aromatic rings. The van der Waals surface area contributed by atoms with Crippen LogP contribution in [0.25, 0.3) is 0 Å². The first kappa shape index (κ1) is 16.2. The van der Waals surface area contributed by atoms with Gasteiger partial charge in [-0.15, -0.1) is 0 Å². The third kappa shape index (κ3) is 3.73. The van der Waals surface area contributed by atoms with Gasteiger partial charge in [0.15, 0.2) is 0 Å². The Hall–Kier alpha value is -2.15. The number of nitro groups is 1. The number of hydrogen-bond acceptors (Lipinski definition) is 4. The standard InChI is InChI=1S/C14H16ClN3O4/c1-9(19)17-6-4-10(5-7-17)14(20)16-11-2-3-13(18(21)22)12(15)8-11/h2-3,8,10H,4-7H2,1H3,(H,16,20). The maximum Gasteiger partial charge on any atom is 0.288 e. The molecule has 0 spiro atoms. The lowest BCUT2D eigenvalue weighted by atomic mass is 9.96. The predicted molar refractivity (Wildman–Crippen MR) is 81.7 cm³/mol. The van der Waals surface area contributed by atoms with Crippen LogP contribution in [-0.4, -0.2) is 34.7 Å². The summed E-state index contributed by atoms with van der Waals surface area (Å²) in [5.74, 6) is -0.321. The number of halogens is 1. The van der Waals surface area contributed by atoms with Crippen molar-refractivity contribution in [1.82, 2.24) is 4.90 Å². The normalized spacial score (nSPS) is 15.5. The Bertz CT molecular complexity index is 612. The number of carbonyl (C=O) groups excluding carboxylic acids is 2. The fraction of sp³-hybridized carbons (Fsp3) is 0.429. The number of piperidine rings is 1. The zero-order valence-electron chi connectivity index (χ0n) is 12.0. The van der Waals surface area contributed by atoms with Gasteiger partial charge >= 0.3 is 0 Å². The van der Waals surface area contributed by atoms with Gasteiger partial charge in [0.2, 0.25) is 11.8 Å². The number of hydrogen-bond donors (Lipinski definition) is 1. The maximum absolute atomic E-state index is 12.2. The summed E-state index contributed by atoms with van der Waals surface area (Å²) in [6.45, 7) is 2.64. The second-order valence-corrected chi connectivity index (χ2v) is 5.60. The highest BCUT2D eigenvalue weighted by Gasteiger charge is 2.26. The van der Waals surface area contributed by atoms with Crippen LogP contribution in [0.15, 0.2) is 18.2 Å². The van der Waals surface area contributed by atoms with E-state index >= 15 is 0 Å². The molecule has 1 aliphatic rings. The molecule has 2 amide bonds. The third-order valence-corrected chi connectivity index (χ3v) is 4.03. The minimum Gasteiger partial charge on any atom is -0.343 e. The van der Waals surface area contributed by atoms with Crippen LogP contribution in [0.2, 0.25) is 5.02 Å². The van der Waals surface area contributed by atoms with Crippen LogP contribution in [0, 0.1) is 16.0 Å². The first-order chi connectivity index (χ1) is 10.4. The molecule has 0 bridgehead atoms. The van der Waals surface area contributed by atoms with Crippen LogP contribution in [-0.2, 0) is 9.59 Å². The molecule has 118 valence electrons. The van der Waals surface area contributed by atoms with Crippen molar-refractivity contribution in [1.29, 1.82) is 0 Å². The van der Waals surface area contributed by atoms with E-state index in [0.717, 1.165) is 0 Å². The molecule has 0 saturated carbocycles. The van der Waals surface area contributed by atoms with E-state index in [1.54, 1.807) is 4.90 Å². The molecule has 1 saturated heterocycles. The van der Waals surface area contributed by atoms with E-state index in [1.165, 1.54) is 25.1 Å². The van der Waals surface area contributed by atoms with Crippen molar-refractivity contribution < 1.29 is 14.5 Å². The zero-order chi connectivity index (χ0) is 16.3. The fourth-order valence-corrected chi connectivity index (χ4v) is 2.68. The molecule has 1 aromatic carbocycles. The first-order valence-corrected chi connectivity index (χ1v) is 7.26. The summed E-state index contributed by atoms with van der Waals surface area (Å²) in [5, 5.41) is 13.4. The Morgan fingerprint density at radius 1 is 1.36 bits per heavy atom. The number of nitrogens with one attached hydrogen (secondary N) is 1. The van der Waals surface area contributed by atoms with E-state index in [0.29, 0.717) is 31.6 Å². The molecule has 0 atom stereocenters. The van der Waals surface area contributed by atoms with Gasteiger partial charge in [0.25, 0.3) is 5.69 Å². The van der Waals surface area contributed by atoms with Gasteiger partial charge in [0.05, 0.1) is 4.92 Å². The van der Waals surface area contributed by atoms with Gasteiger partial charge < -0.3 is 10.2 Å². The van der Waals surface area contributed by atoms with Crippen LogP contribution in [0.3, 0.4) is 0 Å². The van der Waals surface area contributed by atoms with Gasteiger partial charge in [-0.3, -0.25) is 19.7 Å². The molecule has 1 aliphatic heterocycles. The molecule has 22 heavy (non-hydrogen) atoms. The van der Waals surface area contributed by atoms with Crippen molar-refractivity contribution in [2.75, 3.05) is 18.4 Å².